The average Bonchev–Trinajstić information content (AvgIpc) is 2.37. The molecule has 0 radical (unpaired) electrons. The number of carbonyl (C=O) groups excluding carboxylic acids is 1. The van der Waals surface area contributed by atoms with Gasteiger partial charge in [0.15, 0.2) is 0 Å². The highest BCUT2D eigenvalue weighted by atomic mass is 35.5. The number of ether oxygens (including phenoxy) is 1. The Bertz CT molecular complexity index is 419. The summed E-state index contributed by atoms with van der Waals surface area (Å²) in [5, 5.41) is 3.57. The summed E-state index contributed by atoms with van der Waals surface area (Å²) in [6.07, 6.45) is 2.50. The standard InChI is InChI=1S/C14H20ClNO2/c1-4-5-6-14(17)16-9-11-8-12(15)10(2)7-13(11)18-3/h7-8H,4-6,9H2,1-3H3,(H,16,17). The second-order valence-electron chi connectivity index (χ2n) is 4.29. The van der Waals surface area contributed by atoms with Gasteiger partial charge in [0.1, 0.15) is 5.75 Å². The number of amides is 1. The SMILES string of the molecule is CCCCC(=O)NCc1cc(Cl)c(C)cc1OC. The molecule has 1 N–H and O–H groups in total. The van der Waals surface area contributed by atoms with Crippen molar-refractivity contribution < 1.29 is 9.53 Å². The van der Waals surface area contributed by atoms with Gasteiger partial charge in [-0.1, -0.05) is 24.9 Å². The van der Waals surface area contributed by atoms with E-state index in [1.54, 1.807) is 7.11 Å². The van der Waals surface area contributed by atoms with E-state index in [1.807, 2.05) is 19.1 Å². The molecule has 0 aliphatic heterocycles. The fourth-order valence-electron chi connectivity index (χ4n) is 1.64. The molecule has 0 fully saturated rings. The molecule has 1 aromatic carbocycles. The monoisotopic (exact) mass is 269 g/mol. The van der Waals surface area contributed by atoms with Gasteiger partial charge in [0.25, 0.3) is 0 Å². The van der Waals surface area contributed by atoms with Gasteiger partial charge in [0.2, 0.25) is 5.91 Å². The van der Waals surface area contributed by atoms with Gasteiger partial charge in [0.05, 0.1) is 7.11 Å². The molecule has 1 rings (SSSR count). The zero-order valence-corrected chi connectivity index (χ0v) is 11.9. The summed E-state index contributed by atoms with van der Waals surface area (Å²) >= 11 is 6.07. The summed E-state index contributed by atoms with van der Waals surface area (Å²) in [6, 6.07) is 3.73. The molecule has 0 aliphatic rings. The molecule has 100 valence electrons. The molecule has 0 aliphatic carbocycles. The smallest absolute Gasteiger partial charge is 0.220 e. The van der Waals surface area contributed by atoms with E-state index in [0.717, 1.165) is 29.7 Å². The van der Waals surface area contributed by atoms with Crippen molar-refractivity contribution in [1.29, 1.82) is 0 Å². The molecule has 0 aromatic heterocycles. The summed E-state index contributed by atoms with van der Waals surface area (Å²) in [4.78, 5) is 11.5. The molecular formula is C14H20ClNO2. The lowest BCUT2D eigenvalue weighted by Gasteiger charge is -2.12. The maximum atomic E-state index is 11.5. The Hall–Kier alpha value is -1.22. The zero-order chi connectivity index (χ0) is 13.5. The van der Waals surface area contributed by atoms with Crippen molar-refractivity contribution in [3.05, 3.63) is 28.3 Å². The van der Waals surface area contributed by atoms with Gasteiger partial charge in [0, 0.05) is 23.6 Å². The van der Waals surface area contributed by atoms with Gasteiger partial charge >= 0.3 is 0 Å². The normalized spacial score (nSPS) is 10.2. The molecule has 0 heterocycles. The first-order valence-electron chi connectivity index (χ1n) is 6.18. The maximum Gasteiger partial charge on any atom is 0.220 e. The van der Waals surface area contributed by atoms with Crippen LogP contribution in [-0.4, -0.2) is 13.0 Å². The second-order valence-corrected chi connectivity index (χ2v) is 4.70. The number of benzene rings is 1. The molecule has 3 nitrogen and oxygen atoms in total. The molecule has 0 unspecified atom stereocenters. The third-order valence-corrected chi connectivity index (χ3v) is 3.20. The number of aryl methyl sites for hydroxylation is 1. The molecule has 0 bridgehead atoms. The number of carbonyl (C=O) groups is 1. The molecule has 0 saturated heterocycles. The minimum absolute atomic E-state index is 0.0654. The van der Waals surface area contributed by atoms with Gasteiger partial charge in [-0.2, -0.15) is 0 Å². The van der Waals surface area contributed by atoms with E-state index in [4.69, 9.17) is 16.3 Å². The van der Waals surface area contributed by atoms with Crippen molar-refractivity contribution in [3.8, 4) is 5.75 Å². The predicted molar refractivity (Wildman–Crippen MR) is 74.1 cm³/mol. The van der Waals surface area contributed by atoms with Crippen LogP contribution in [0, 0.1) is 6.92 Å². The van der Waals surface area contributed by atoms with Crippen LogP contribution in [0.5, 0.6) is 5.75 Å². The number of unbranched alkanes of at least 4 members (excludes halogenated alkanes) is 1. The molecular weight excluding hydrogens is 250 g/mol. The Morgan fingerprint density at radius 3 is 2.78 bits per heavy atom. The van der Waals surface area contributed by atoms with E-state index in [-0.39, 0.29) is 5.91 Å². The molecule has 4 heteroatoms. The Balaban J connectivity index is 2.66. The van der Waals surface area contributed by atoms with Crippen LogP contribution in [0.3, 0.4) is 0 Å². The first-order valence-corrected chi connectivity index (χ1v) is 6.56. The van der Waals surface area contributed by atoms with Crippen molar-refractivity contribution in [2.75, 3.05) is 7.11 Å². The minimum Gasteiger partial charge on any atom is -0.496 e. The van der Waals surface area contributed by atoms with Gasteiger partial charge in [-0.3, -0.25) is 4.79 Å². The van der Waals surface area contributed by atoms with Crippen LogP contribution in [0.2, 0.25) is 5.02 Å². The van der Waals surface area contributed by atoms with Crippen LogP contribution in [0.1, 0.15) is 37.3 Å². The van der Waals surface area contributed by atoms with Gasteiger partial charge in [-0.15, -0.1) is 0 Å². The number of rotatable bonds is 6. The average molecular weight is 270 g/mol. The first-order chi connectivity index (χ1) is 8.58. The molecule has 0 atom stereocenters. The summed E-state index contributed by atoms with van der Waals surface area (Å²) in [5.41, 5.74) is 1.87. The quantitative estimate of drug-likeness (QED) is 0.859. The van der Waals surface area contributed by atoms with Gasteiger partial charge < -0.3 is 10.1 Å². The van der Waals surface area contributed by atoms with Crippen LogP contribution in [0.25, 0.3) is 0 Å². The summed E-state index contributed by atoms with van der Waals surface area (Å²) < 4.78 is 5.28. The number of hydrogen-bond donors (Lipinski definition) is 1. The minimum atomic E-state index is 0.0654. The Labute approximate surface area is 113 Å². The Morgan fingerprint density at radius 1 is 1.44 bits per heavy atom. The highest BCUT2D eigenvalue weighted by Crippen LogP contribution is 2.26. The number of nitrogens with one attached hydrogen (secondary N) is 1. The molecule has 1 amide bonds. The lowest BCUT2D eigenvalue weighted by molar-refractivity contribution is -0.121. The lowest BCUT2D eigenvalue weighted by atomic mass is 10.1. The molecule has 18 heavy (non-hydrogen) atoms. The van der Waals surface area contributed by atoms with Crippen LogP contribution in [-0.2, 0) is 11.3 Å². The van der Waals surface area contributed by atoms with E-state index in [9.17, 15) is 4.79 Å². The van der Waals surface area contributed by atoms with E-state index < -0.39 is 0 Å². The predicted octanol–water partition coefficient (Wildman–Crippen LogP) is 3.46. The first kappa shape index (κ1) is 14.8. The van der Waals surface area contributed by atoms with Crippen molar-refractivity contribution in [2.24, 2.45) is 0 Å². The van der Waals surface area contributed by atoms with Crippen LogP contribution < -0.4 is 10.1 Å². The van der Waals surface area contributed by atoms with Crippen molar-refractivity contribution in [1.82, 2.24) is 5.32 Å². The Morgan fingerprint density at radius 2 is 2.17 bits per heavy atom. The van der Waals surface area contributed by atoms with Gasteiger partial charge in [-0.25, -0.2) is 0 Å². The Kier molecular flexibility index (Phi) is 5.99. The summed E-state index contributed by atoms with van der Waals surface area (Å²) in [6.45, 7) is 4.44. The highest BCUT2D eigenvalue weighted by Gasteiger charge is 2.08. The lowest BCUT2D eigenvalue weighted by Crippen LogP contribution is -2.22. The molecule has 1 aromatic rings. The van der Waals surface area contributed by atoms with E-state index in [1.165, 1.54) is 0 Å². The highest BCUT2D eigenvalue weighted by molar-refractivity contribution is 6.31. The summed E-state index contributed by atoms with van der Waals surface area (Å²) in [7, 11) is 1.62. The van der Waals surface area contributed by atoms with Gasteiger partial charge in [-0.05, 0) is 31.0 Å². The van der Waals surface area contributed by atoms with Crippen molar-refractivity contribution >= 4 is 17.5 Å². The third-order valence-electron chi connectivity index (χ3n) is 2.80. The van der Waals surface area contributed by atoms with Crippen LogP contribution >= 0.6 is 11.6 Å². The second kappa shape index (κ2) is 7.27. The fourth-order valence-corrected chi connectivity index (χ4v) is 1.83. The number of methoxy groups -OCH3 is 1. The van der Waals surface area contributed by atoms with E-state index >= 15 is 0 Å². The van der Waals surface area contributed by atoms with E-state index in [2.05, 4.69) is 12.2 Å². The van der Waals surface area contributed by atoms with Crippen molar-refractivity contribution in [2.45, 2.75) is 39.7 Å². The topological polar surface area (TPSA) is 38.3 Å². The van der Waals surface area contributed by atoms with Crippen molar-refractivity contribution in [3.63, 3.8) is 0 Å². The number of hydrogen-bond acceptors (Lipinski definition) is 2. The zero-order valence-electron chi connectivity index (χ0n) is 11.2. The summed E-state index contributed by atoms with van der Waals surface area (Å²) in [5.74, 6) is 0.822. The molecule has 0 saturated carbocycles. The molecule has 0 spiro atoms. The van der Waals surface area contributed by atoms with Crippen LogP contribution in [0.15, 0.2) is 12.1 Å². The fraction of sp³-hybridized carbons (Fsp3) is 0.500. The maximum absolute atomic E-state index is 11.5. The number of halogens is 1. The van der Waals surface area contributed by atoms with Crippen LogP contribution in [0.4, 0.5) is 0 Å². The third kappa shape index (κ3) is 4.22. The largest absolute Gasteiger partial charge is 0.496 e. The van der Waals surface area contributed by atoms with E-state index in [0.29, 0.717) is 18.0 Å².